The first-order chi connectivity index (χ1) is 11.2. The van der Waals surface area contributed by atoms with Crippen LogP contribution < -0.4 is 9.04 Å². The summed E-state index contributed by atoms with van der Waals surface area (Å²) in [6.07, 6.45) is 0. The van der Waals surface area contributed by atoms with E-state index in [4.69, 9.17) is 9.84 Å². The predicted molar refractivity (Wildman–Crippen MR) is 87.8 cm³/mol. The van der Waals surface area contributed by atoms with Crippen LogP contribution in [-0.4, -0.2) is 42.9 Å². The summed E-state index contributed by atoms with van der Waals surface area (Å²) in [6, 6.07) is 6.14. The third-order valence-corrected chi connectivity index (χ3v) is 5.66. The van der Waals surface area contributed by atoms with E-state index in [0.717, 1.165) is 4.31 Å². The summed E-state index contributed by atoms with van der Waals surface area (Å²) in [5, 5.41) is 13.3. The highest BCUT2D eigenvalue weighted by Gasteiger charge is 2.32. The first-order valence-corrected chi connectivity index (χ1v) is 8.51. The molecule has 1 aromatic carbocycles. The number of hydrogen-bond acceptors (Lipinski definition) is 5. The molecule has 0 aliphatic carbocycles. The first-order valence-electron chi connectivity index (χ1n) is 7.07. The Kier molecular flexibility index (Phi) is 4.83. The number of anilines is 1. The van der Waals surface area contributed by atoms with Gasteiger partial charge in [0.25, 0.3) is 10.0 Å². The van der Waals surface area contributed by atoms with Crippen molar-refractivity contribution in [3.05, 3.63) is 35.7 Å². The summed E-state index contributed by atoms with van der Waals surface area (Å²) in [7, 11) is -0.957. The molecule has 0 fully saturated rings. The van der Waals surface area contributed by atoms with E-state index >= 15 is 0 Å². The minimum absolute atomic E-state index is 0.0158. The number of sulfonamides is 1. The van der Waals surface area contributed by atoms with E-state index in [2.05, 4.69) is 5.10 Å². The zero-order valence-electron chi connectivity index (χ0n) is 13.8. The molecule has 0 aliphatic heterocycles. The Morgan fingerprint density at radius 2 is 1.88 bits per heavy atom. The van der Waals surface area contributed by atoms with Gasteiger partial charge in [-0.1, -0.05) is 0 Å². The number of aryl methyl sites for hydroxylation is 2. The fourth-order valence-corrected chi connectivity index (χ4v) is 4.24. The molecule has 130 valence electrons. The van der Waals surface area contributed by atoms with Gasteiger partial charge in [0.2, 0.25) is 0 Å². The Morgan fingerprint density at radius 1 is 1.29 bits per heavy atom. The first kappa shape index (κ1) is 17.8. The number of ether oxygens (including phenoxy) is 1. The smallest absolute Gasteiger partial charge is 0.324 e. The van der Waals surface area contributed by atoms with E-state index in [-0.39, 0.29) is 10.6 Å². The summed E-state index contributed by atoms with van der Waals surface area (Å²) < 4.78 is 33.5. The second-order valence-electron chi connectivity index (χ2n) is 5.23. The van der Waals surface area contributed by atoms with Crippen molar-refractivity contribution < 1.29 is 23.1 Å². The van der Waals surface area contributed by atoms with Crippen molar-refractivity contribution >= 4 is 21.7 Å². The van der Waals surface area contributed by atoms with Crippen LogP contribution in [0, 0.1) is 13.8 Å². The summed E-state index contributed by atoms with van der Waals surface area (Å²) in [4.78, 5) is 11.2. The number of carbonyl (C=O) groups is 1. The van der Waals surface area contributed by atoms with E-state index < -0.39 is 22.5 Å². The number of carboxylic acids is 1. The molecular weight excluding hydrogens is 334 g/mol. The summed E-state index contributed by atoms with van der Waals surface area (Å²) >= 11 is 0. The van der Waals surface area contributed by atoms with Gasteiger partial charge in [-0.2, -0.15) is 5.10 Å². The third-order valence-electron chi connectivity index (χ3n) is 3.63. The fraction of sp³-hybridized carbons (Fsp3) is 0.333. The number of rotatable bonds is 6. The fourth-order valence-electron chi connectivity index (χ4n) is 2.42. The molecule has 0 amide bonds. The molecule has 1 heterocycles. The summed E-state index contributed by atoms with van der Waals surface area (Å²) in [6.45, 7) is 2.51. The molecule has 2 rings (SSSR count). The zero-order valence-corrected chi connectivity index (χ0v) is 14.7. The van der Waals surface area contributed by atoms with Gasteiger partial charge in [-0.3, -0.25) is 13.8 Å². The molecule has 1 N–H and O–H groups in total. The Morgan fingerprint density at radius 3 is 2.29 bits per heavy atom. The average molecular weight is 353 g/mol. The molecular formula is C15H19N3O5S. The molecule has 0 radical (unpaired) electrons. The van der Waals surface area contributed by atoms with Crippen LogP contribution in [0.15, 0.2) is 29.2 Å². The topological polar surface area (TPSA) is 102 Å². The van der Waals surface area contributed by atoms with Crippen LogP contribution in [0.1, 0.15) is 11.4 Å². The van der Waals surface area contributed by atoms with Crippen LogP contribution in [0.4, 0.5) is 5.69 Å². The van der Waals surface area contributed by atoms with Crippen molar-refractivity contribution in [2.75, 3.05) is 18.0 Å². The average Bonchev–Trinajstić information content (AvgIpc) is 2.78. The van der Waals surface area contributed by atoms with Crippen molar-refractivity contribution in [1.29, 1.82) is 0 Å². The second kappa shape index (κ2) is 6.52. The number of benzene rings is 1. The highest BCUT2D eigenvalue weighted by molar-refractivity contribution is 7.93. The van der Waals surface area contributed by atoms with Crippen molar-refractivity contribution in [3.63, 3.8) is 0 Å². The van der Waals surface area contributed by atoms with E-state index in [1.54, 1.807) is 33.0 Å². The number of nitrogens with zero attached hydrogens (tertiary/aromatic N) is 3. The Hall–Kier alpha value is -2.55. The lowest BCUT2D eigenvalue weighted by molar-refractivity contribution is -0.135. The van der Waals surface area contributed by atoms with Gasteiger partial charge in [0.1, 0.15) is 17.2 Å². The number of carboxylic acid groups (broad SMARTS) is 1. The van der Waals surface area contributed by atoms with E-state index in [1.807, 2.05) is 0 Å². The van der Waals surface area contributed by atoms with Gasteiger partial charge in [-0.15, -0.1) is 0 Å². The minimum atomic E-state index is -4.08. The summed E-state index contributed by atoms with van der Waals surface area (Å²) in [5.41, 5.74) is 0.996. The molecule has 0 unspecified atom stereocenters. The van der Waals surface area contributed by atoms with E-state index in [1.165, 1.54) is 23.9 Å². The zero-order chi connectivity index (χ0) is 18.1. The quantitative estimate of drug-likeness (QED) is 0.840. The van der Waals surface area contributed by atoms with Gasteiger partial charge < -0.3 is 9.84 Å². The lowest BCUT2D eigenvalue weighted by Gasteiger charge is -2.23. The summed E-state index contributed by atoms with van der Waals surface area (Å²) in [5.74, 6) is -0.714. The molecule has 0 bridgehead atoms. The highest BCUT2D eigenvalue weighted by atomic mass is 32.2. The molecule has 0 atom stereocenters. The van der Waals surface area contributed by atoms with E-state index in [9.17, 15) is 13.2 Å². The van der Waals surface area contributed by atoms with Gasteiger partial charge in [-0.05, 0) is 38.1 Å². The molecule has 0 saturated heterocycles. The lowest BCUT2D eigenvalue weighted by atomic mass is 10.3. The van der Waals surface area contributed by atoms with E-state index in [0.29, 0.717) is 17.1 Å². The van der Waals surface area contributed by atoms with Crippen molar-refractivity contribution in [2.45, 2.75) is 18.7 Å². The predicted octanol–water partition coefficient (Wildman–Crippen LogP) is 1.33. The van der Waals surface area contributed by atoms with Crippen molar-refractivity contribution in [2.24, 2.45) is 7.05 Å². The van der Waals surface area contributed by atoms with Crippen molar-refractivity contribution in [1.82, 2.24) is 9.78 Å². The molecule has 0 aliphatic rings. The maximum Gasteiger partial charge on any atom is 0.324 e. The lowest BCUT2D eigenvalue weighted by Crippen LogP contribution is -2.36. The maximum absolute atomic E-state index is 13.1. The Balaban J connectivity index is 2.59. The second-order valence-corrected chi connectivity index (χ2v) is 7.03. The normalized spacial score (nSPS) is 11.3. The van der Waals surface area contributed by atoms with Gasteiger partial charge in [0.15, 0.2) is 0 Å². The Bertz CT molecular complexity index is 856. The molecule has 1 aromatic heterocycles. The standard InChI is InChI=1S/C15H19N3O5S/c1-10-15(11(2)17(3)16-10)24(21,22)18(9-14(19)20)12-5-7-13(23-4)8-6-12/h5-8H,9H2,1-4H3,(H,19,20). The largest absolute Gasteiger partial charge is 0.497 e. The van der Waals surface area contributed by atoms with Crippen LogP contribution in [0.2, 0.25) is 0 Å². The van der Waals surface area contributed by atoms with Gasteiger partial charge in [0, 0.05) is 7.05 Å². The monoisotopic (exact) mass is 353 g/mol. The van der Waals surface area contributed by atoms with Crippen LogP contribution in [0.25, 0.3) is 0 Å². The van der Waals surface area contributed by atoms with Gasteiger partial charge >= 0.3 is 5.97 Å². The number of methoxy groups -OCH3 is 1. The molecule has 2 aromatic rings. The van der Waals surface area contributed by atoms with Crippen LogP contribution in [0.5, 0.6) is 5.75 Å². The molecule has 8 nitrogen and oxygen atoms in total. The molecule has 9 heteroatoms. The molecule has 0 saturated carbocycles. The minimum Gasteiger partial charge on any atom is -0.497 e. The molecule has 0 spiro atoms. The third kappa shape index (κ3) is 3.21. The van der Waals surface area contributed by atoms with Crippen LogP contribution in [0.3, 0.4) is 0 Å². The SMILES string of the molecule is COc1ccc(N(CC(=O)O)S(=O)(=O)c2c(C)nn(C)c2C)cc1. The van der Waals surface area contributed by atoms with Gasteiger partial charge in [0.05, 0.1) is 24.2 Å². The van der Waals surface area contributed by atoms with Crippen LogP contribution in [-0.2, 0) is 21.9 Å². The Labute approximate surface area is 140 Å². The number of aliphatic carboxylic acids is 1. The number of hydrogen-bond donors (Lipinski definition) is 1. The highest BCUT2D eigenvalue weighted by Crippen LogP contribution is 2.28. The van der Waals surface area contributed by atoms with Gasteiger partial charge in [-0.25, -0.2) is 8.42 Å². The maximum atomic E-state index is 13.1. The van der Waals surface area contributed by atoms with Crippen LogP contribution >= 0.6 is 0 Å². The molecule has 24 heavy (non-hydrogen) atoms. The number of aromatic nitrogens is 2. The van der Waals surface area contributed by atoms with Crippen molar-refractivity contribution in [3.8, 4) is 5.75 Å².